The van der Waals surface area contributed by atoms with Crippen molar-refractivity contribution in [3.8, 4) is 5.75 Å². The molecule has 5 heteroatoms. The van der Waals surface area contributed by atoms with Crippen LogP contribution in [0.25, 0.3) is 0 Å². The molecule has 1 atom stereocenters. The van der Waals surface area contributed by atoms with Crippen LogP contribution in [0.5, 0.6) is 5.75 Å². The molecular formula is C23H28N2O3. The van der Waals surface area contributed by atoms with Crippen molar-refractivity contribution < 1.29 is 14.3 Å². The Labute approximate surface area is 166 Å². The van der Waals surface area contributed by atoms with E-state index in [1.54, 1.807) is 19.1 Å². The highest BCUT2D eigenvalue weighted by atomic mass is 16.5. The Hall–Kier alpha value is -2.82. The minimum Gasteiger partial charge on any atom is -0.481 e. The van der Waals surface area contributed by atoms with E-state index in [0.29, 0.717) is 17.0 Å². The molecule has 0 aliphatic carbocycles. The highest BCUT2D eigenvalue weighted by Gasteiger charge is 2.22. The molecule has 0 spiro atoms. The van der Waals surface area contributed by atoms with Crippen molar-refractivity contribution in [3.63, 3.8) is 0 Å². The number of hydrogen-bond donors (Lipinski definition) is 1. The topological polar surface area (TPSA) is 58.6 Å². The molecule has 1 aliphatic rings. The molecule has 2 aromatic rings. The molecule has 1 heterocycles. The number of nitrogens with one attached hydrogen (secondary N) is 1. The quantitative estimate of drug-likeness (QED) is 0.835. The van der Waals surface area contributed by atoms with Gasteiger partial charge in [0, 0.05) is 13.1 Å². The summed E-state index contributed by atoms with van der Waals surface area (Å²) >= 11 is 0. The van der Waals surface area contributed by atoms with E-state index in [-0.39, 0.29) is 11.8 Å². The van der Waals surface area contributed by atoms with E-state index in [1.807, 2.05) is 48.2 Å². The number of amides is 2. The van der Waals surface area contributed by atoms with Gasteiger partial charge in [-0.3, -0.25) is 9.59 Å². The number of ether oxygens (including phenoxy) is 1. The lowest BCUT2D eigenvalue weighted by Gasteiger charge is -2.22. The SMILES string of the molecule is Cc1ccc(O[C@H](C)C(=O)Nc2ccccc2C(=O)N2CCCCCC2)cc1. The van der Waals surface area contributed by atoms with Gasteiger partial charge in [0.15, 0.2) is 6.10 Å². The van der Waals surface area contributed by atoms with Crippen LogP contribution >= 0.6 is 0 Å². The lowest BCUT2D eigenvalue weighted by atomic mass is 10.1. The van der Waals surface area contributed by atoms with Gasteiger partial charge in [-0.15, -0.1) is 0 Å². The molecule has 0 bridgehead atoms. The summed E-state index contributed by atoms with van der Waals surface area (Å²) < 4.78 is 5.73. The third-order valence-electron chi connectivity index (χ3n) is 5.01. The Kier molecular flexibility index (Phi) is 6.69. The smallest absolute Gasteiger partial charge is 0.265 e. The number of benzene rings is 2. The minimum absolute atomic E-state index is 0.0232. The Morgan fingerprint density at radius 3 is 2.29 bits per heavy atom. The number of likely N-dealkylation sites (tertiary alicyclic amines) is 1. The number of rotatable bonds is 5. The molecule has 1 saturated heterocycles. The minimum atomic E-state index is -0.677. The number of hydrogen-bond acceptors (Lipinski definition) is 3. The van der Waals surface area contributed by atoms with Crippen LogP contribution in [-0.2, 0) is 4.79 Å². The fourth-order valence-corrected chi connectivity index (χ4v) is 3.33. The summed E-state index contributed by atoms with van der Waals surface area (Å²) in [6, 6.07) is 14.7. The second-order valence-corrected chi connectivity index (χ2v) is 7.31. The van der Waals surface area contributed by atoms with Crippen LogP contribution in [0.4, 0.5) is 5.69 Å². The standard InChI is InChI=1S/C23H28N2O3/c1-17-11-13-19(14-12-17)28-18(2)22(26)24-21-10-6-5-9-20(21)23(27)25-15-7-3-4-8-16-25/h5-6,9-14,18H,3-4,7-8,15-16H2,1-2H3,(H,24,26)/t18-/m1/s1. The second kappa shape index (κ2) is 9.40. The molecule has 2 amide bonds. The molecule has 1 aliphatic heterocycles. The summed E-state index contributed by atoms with van der Waals surface area (Å²) in [6.45, 7) is 5.24. The van der Waals surface area contributed by atoms with Crippen LogP contribution < -0.4 is 10.1 Å². The van der Waals surface area contributed by atoms with Crippen molar-refractivity contribution in [3.05, 3.63) is 59.7 Å². The molecule has 5 nitrogen and oxygen atoms in total. The van der Waals surface area contributed by atoms with Gasteiger partial charge in [0.25, 0.3) is 11.8 Å². The van der Waals surface area contributed by atoms with Crippen LogP contribution in [0.2, 0.25) is 0 Å². The number of para-hydroxylation sites is 1. The lowest BCUT2D eigenvalue weighted by molar-refractivity contribution is -0.122. The van der Waals surface area contributed by atoms with E-state index in [9.17, 15) is 9.59 Å². The first-order valence-electron chi connectivity index (χ1n) is 9.97. The third-order valence-corrected chi connectivity index (χ3v) is 5.01. The summed E-state index contributed by atoms with van der Waals surface area (Å²) in [5.41, 5.74) is 2.19. The number of anilines is 1. The Bertz CT molecular complexity index is 809. The number of nitrogens with zero attached hydrogens (tertiary/aromatic N) is 1. The molecule has 2 aromatic carbocycles. The predicted molar refractivity (Wildman–Crippen MR) is 111 cm³/mol. The monoisotopic (exact) mass is 380 g/mol. The van der Waals surface area contributed by atoms with Crippen LogP contribution in [0.3, 0.4) is 0 Å². The van der Waals surface area contributed by atoms with Crippen molar-refractivity contribution in [2.75, 3.05) is 18.4 Å². The summed E-state index contributed by atoms with van der Waals surface area (Å²) in [4.78, 5) is 27.5. The first kappa shape index (κ1) is 19.9. The summed E-state index contributed by atoms with van der Waals surface area (Å²) in [5, 5.41) is 2.87. The van der Waals surface area contributed by atoms with Crippen molar-refractivity contribution >= 4 is 17.5 Å². The first-order chi connectivity index (χ1) is 13.5. The van der Waals surface area contributed by atoms with Crippen molar-refractivity contribution in [1.82, 2.24) is 4.90 Å². The summed E-state index contributed by atoms with van der Waals surface area (Å²) in [5.74, 6) is 0.337. The van der Waals surface area contributed by atoms with Gasteiger partial charge in [0.2, 0.25) is 0 Å². The zero-order chi connectivity index (χ0) is 19.9. The normalized spacial score (nSPS) is 15.4. The Balaban J connectivity index is 1.68. The second-order valence-electron chi connectivity index (χ2n) is 7.31. The van der Waals surface area contributed by atoms with Gasteiger partial charge in [0.1, 0.15) is 5.75 Å². The van der Waals surface area contributed by atoms with Crippen LogP contribution in [0.1, 0.15) is 48.5 Å². The molecular weight excluding hydrogens is 352 g/mol. The number of carbonyl (C=O) groups excluding carboxylic acids is 2. The fourth-order valence-electron chi connectivity index (χ4n) is 3.33. The molecule has 0 aromatic heterocycles. The predicted octanol–water partition coefficient (Wildman–Crippen LogP) is 4.42. The maximum absolute atomic E-state index is 13.0. The van der Waals surface area contributed by atoms with Crippen LogP contribution in [0.15, 0.2) is 48.5 Å². The molecule has 3 rings (SSSR count). The Morgan fingerprint density at radius 2 is 1.61 bits per heavy atom. The number of aryl methyl sites for hydroxylation is 1. The average Bonchev–Trinajstić information content (AvgIpc) is 2.99. The van der Waals surface area contributed by atoms with E-state index in [2.05, 4.69) is 5.32 Å². The van der Waals surface area contributed by atoms with Gasteiger partial charge in [-0.1, -0.05) is 42.7 Å². The third kappa shape index (κ3) is 5.12. The Morgan fingerprint density at radius 1 is 0.964 bits per heavy atom. The van der Waals surface area contributed by atoms with Crippen molar-refractivity contribution in [1.29, 1.82) is 0 Å². The lowest BCUT2D eigenvalue weighted by Crippen LogP contribution is -2.34. The highest BCUT2D eigenvalue weighted by Crippen LogP contribution is 2.21. The van der Waals surface area contributed by atoms with Crippen molar-refractivity contribution in [2.24, 2.45) is 0 Å². The maximum Gasteiger partial charge on any atom is 0.265 e. The van der Waals surface area contributed by atoms with Gasteiger partial charge >= 0.3 is 0 Å². The summed E-state index contributed by atoms with van der Waals surface area (Å²) in [7, 11) is 0. The van der Waals surface area contributed by atoms with Crippen molar-refractivity contribution in [2.45, 2.75) is 45.6 Å². The van der Waals surface area contributed by atoms with E-state index in [0.717, 1.165) is 44.3 Å². The van der Waals surface area contributed by atoms with Crippen LogP contribution in [0, 0.1) is 6.92 Å². The van der Waals surface area contributed by atoms with Gasteiger partial charge in [-0.25, -0.2) is 0 Å². The highest BCUT2D eigenvalue weighted by molar-refractivity contribution is 6.04. The molecule has 1 N–H and O–H groups in total. The molecule has 1 fully saturated rings. The van der Waals surface area contributed by atoms with E-state index in [4.69, 9.17) is 4.74 Å². The van der Waals surface area contributed by atoms with Gasteiger partial charge in [-0.2, -0.15) is 0 Å². The molecule has 28 heavy (non-hydrogen) atoms. The largest absolute Gasteiger partial charge is 0.481 e. The fraction of sp³-hybridized carbons (Fsp3) is 0.391. The first-order valence-corrected chi connectivity index (χ1v) is 9.97. The molecule has 0 unspecified atom stereocenters. The van der Waals surface area contributed by atoms with Gasteiger partial charge in [0.05, 0.1) is 11.3 Å². The van der Waals surface area contributed by atoms with Gasteiger partial charge < -0.3 is 15.0 Å². The maximum atomic E-state index is 13.0. The van der Waals surface area contributed by atoms with E-state index >= 15 is 0 Å². The van der Waals surface area contributed by atoms with E-state index < -0.39 is 6.10 Å². The average molecular weight is 380 g/mol. The molecule has 148 valence electrons. The van der Waals surface area contributed by atoms with E-state index in [1.165, 1.54) is 0 Å². The zero-order valence-corrected chi connectivity index (χ0v) is 16.6. The van der Waals surface area contributed by atoms with Crippen LogP contribution in [-0.4, -0.2) is 35.9 Å². The molecule has 0 radical (unpaired) electrons. The summed E-state index contributed by atoms with van der Waals surface area (Å²) in [6.07, 6.45) is 3.71. The van der Waals surface area contributed by atoms with Gasteiger partial charge in [-0.05, 0) is 51.0 Å². The zero-order valence-electron chi connectivity index (χ0n) is 16.6. The number of carbonyl (C=O) groups is 2. The molecule has 0 saturated carbocycles.